The molecule has 0 aliphatic carbocycles. The van der Waals surface area contributed by atoms with Crippen LogP contribution in [0.3, 0.4) is 0 Å². The zero-order valence-electron chi connectivity index (χ0n) is 12.4. The highest BCUT2D eigenvalue weighted by atomic mass is 16.5. The number of nitrogens with zero attached hydrogens (tertiary/aromatic N) is 2. The smallest absolute Gasteiger partial charge is 0.203 e. The van der Waals surface area contributed by atoms with Gasteiger partial charge in [-0.15, -0.1) is 0 Å². The molecule has 0 amide bonds. The van der Waals surface area contributed by atoms with E-state index in [2.05, 4.69) is 15.3 Å². The molecule has 1 aromatic carbocycles. The van der Waals surface area contributed by atoms with Gasteiger partial charge in [0.2, 0.25) is 5.75 Å². The molecule has 0 radical (unpaired) electrons. The Hall–Kier alpha value is -2.50. The van der Waals surface area contributed by atoms with Crippen molar-refractivity contribution in [2.45, 2.75) is 13.5 Å². The molecule has 0 saturated carbocycles. The maximum atomic E-state index is 5.76. The summed E-state index contributed by atoms with van der Waals surface area (Å²) in [6, 6.07) is 5.48. The fraction of sp³-hybridized carbons (Fsp3) is 0.333. The van der Waals surface area contributed by atoms with Crippen molar-refractivity contribution in [2.75, 3.05) is 26.1 Å². The van der Waals surface area contributed by atoms with Crippen molar-refractivity contribution in [1.82, 2.24) is 9.97 Å². The van der Waals surface area contributed by atoms with E-state index in [0.717, 1.165) is 18.1 Å². The van der Waals surface area contributed by atoms with E-state index in [9.17, 15) is 0 Å². The van der Waals surface area contributed by atoms with Crippen LogP contribution in [-0.4, -0.2) is 30.7 Å². The summed E-state index contributed by atoms with van der Waals surface area (Å²) in [6.07, 6.45) is 3.36. The number of ether oxygens (including phenoxy) is 3. The highest BCUT2D eigenvalue weighted by Gasteiger charge is 2.11. The standard InChI is InChI=1S/C15H19N3O3/c1-4-16-14-9-17-11(8-18-14)10-21-15-12(19-2)6-5-7-13(15)20-3/h5-9H,4,10H2,1-3H3,(H,16,18). The van der Waals surface area contributed by atoms with E-state index in [-0.39, 0.29) is 6.61 Å². The molecule has 0 bridgehead atoms. The fourth-order valence-electron chi connectivity index (χ4n) is 1.81. The Labute approximate surface area is 124 Å². The number of hydrogen-bond donors (Lipinski definition) is 1. The Balaban J connectivity index is 2.08. The van der Waals surface area contributed by atoms with Crippen LogP contribution >= 0.6 is 0 Å². The third kappa shape index (κ3) is 3.75. The van der Waals surface area contributed by atoms with Gasteiger partial charge in [-0.3, -0.25) is 4.98 Å². The van der Waals surface area contributed by atoms with Gasteiger partial charge in [-0.2, -0.15) is 0 Å². The third-order valence-electron chi connectivity index (χ3n) is 2.81. The van der Waals surface area contributed by atoms with Crippen LogP contribution in [0.25, 0.3) is 0 Å². The van der Waals surface area contributed by atoms with Gasteiger partial charge >= 0.3 is 0 Å². The van der Waals surface area contributed by atoms with Crippen LogP contribution < -0.4 is 19.5 Å². The molecule has 0 unspecified atom stereocenters. The first kappa shape index (κ1) is 14.9. The zero-order chi connectivity index (χ0) is 15.1. The van der Waals surface area contributed by atoms with E-state index >= 15 is 0 Å². The maximum Gasteiger partial charge on any atom is 0.203 e. The second-order valence-electron chi connectivity index (χ2n) is 4.20. The first-order valence-electron chi connectivity index (χ1n) is 6.67. The van der Waals surface area contributed by atoms with Gasteiger partial charge in [-0.25, -0.2) is 4.98 Å². The van der Waals surface area contributed by atoms with Crippen molar-refractivity contribution < 1.29 is 14.2 Å². The van der Waals surface area contributed by atoms with E-state index in [4.69, 9.17) is 14.2 Å². The second-order valence-corrected chi connectivity index (χ2v) is 4.20. The summed E-state index contributed by atoms with van der Waals surface area (Å²) in [7, 11) is 3.18. The summed E-state index contributed by atoms with van der Waals surface area (Å²) in [5.74, 6) is 2.54. The van der Waals surface area contributed by atoms with Crippen molar-refractivity contribution in [2.24, 2.45) is 0 Å². The second kappa shape index (κ2) is 7.33. The van der Waals surface area contributed by atoms with Gasteiger partial charge in [0, 0.05) is 6.54 Å². The number of nitrogens with one attached hydrogen (secondary N) is 1. The minimum atomic E-state index is 0.288. The average Bonchev–Trinajstić information content (AvgIpc) is 2.54. The molecule has 0 aliphatic heterocycles. The predicted molar refractivity (Wildman–Crippen MR) is 80.1 cm³/mol. The van der Waals surface area contributed by atoms with E-state index in [1.165, 1.54) is 0 Å². The van der Waals surface area contributed by atoms with Gasteiger partial charge in [-0.1, -0.05) is 6.07 Å². The van der Waals surface area contributed by atoms with Gasteiger partial charge in [0.15, 0.2) is 11.5 Å². The molecule has 2 rings (SSSR count). The van der Waals surface area contributed by atoms with Gasteiger partial charge < -0.3 is 19.5 Å². The molecule has 112 valence electrons. The van der Waals surface area contributed by atoms with Gasteiger partial charge in [-0.05, 0) is 19.1 Å². The van der Waals surface area contributed by atoms with Crippen molar-refractivity contribution >= 4 is 5.82 Å². The number of benzene rings is 1. The maximum absolute atomic E-state index is 5.76. The van der Waals surface area contributed by atoms with Crippen molar-refractivity contribution in [3.63, 3.8) is 0 Å². The van der Waals surface area contributed by atoms with Crippen LogP contribution in [-0.2, 0) is 6.61 Å². The van der Waals surface area contributed by atoms with Crippen molar-refractivity contribution in [1.29, 1.82) is 0 Å². The monoisotopic (exact) mass is 289 g/mol. The number of hydrogen-bond acceptors (Lipinski definition) is 6. The fourth-order valence-corrected chi connectivity index (χ4v) is 1.81. The van der Waals surface area contributed by atoms with Crippen LogP contribution in [0.4, 0.5) is 5.82 Å². The number of anilines is 1. The summed E-state index contributed by atoms with van der Waals surface area (Å²) in [6.45, 7) is 3.10. The Morgan fingerprint density at radius 3 is 2.29 bits per heavy atom. The van der Waals surface area contributed by atoms with Crippen molar-refractivity contribution in [3.8, 4) is 17.2 Å². The molecule has 1 aromatic heterocycles. The third-order valence-corrected chi connectivity index (χ3v) is 2.81. The lowest BCUT2D eigenvalue weighted by molar-refractivity contribution is 0.262. The lowest BCUT2D eigenvalue weighted by Crippen LogP contribution is -2.04. The SMILES string of the molecule is CCNc1cnc(COc2c(OC)cccc2OC)cn1. The minimum absolute atomic E-state index is 0.288. The van der Waals surface area contributed by atoms with Crippen LogP contribution in [0, 0.1) is 0 Å². The molecule has 21 heavy (non-hydrogen) atoms. The quantitative estimate of drug-likeness (QED) is 0.845. The average molecular weight is 289 g/mol. The lowest BCUT2D eigenvalue weighted by atomic mass is 10.3. The molecule has 0 spiro atoms. The summed E-state index contributed by atoms with van der Waals surface area (Å²) in [5.41, 5.74) is 0.726. The number of methoxy groups -OCH3 is 2. The molecule has 1 heterocycles. The van der Waals surface area contributed by atoms with E-state index < -0.39 is 0 Å². The molecular formula is C15H19N3O3. The van der Waals surface area contributed by atoms with Gasteiger partial charge in [0.1, 0.15) is 12.4 Å². The summed E-state index contributed by atoms with van der Waals surface area (Å²) < 4.78 is 16.3. The van der Waals surface area contributed by atoms with E-state index in [1.807, 2.05) is 25.1 Å². The van der Waals surface area contributed by atoms with E-state index in [0.29, 0.717) is 17.2 Å². The Morgan fingerprint density at radius 1 is 1.05 bits per heavy atom. The molecule has 0 atom stereocenters. The van der Waals surface area contributed by atoms with Gasteiger partial charge in [0.05, 0.1) is 32.3 Å². The molecule has 0 aliphatic rings. The summed E-state index contributed by atoms with van der Waals surface area (Å²) >= 11 is 0. The minimum Gasteiger partial charge on any atom is -0.493 e. The molecule has 6 nitrogen and oxygen atoms in total. The van der Waals surface area contributed by atoms with Crippen LogP contribution in [0.5, 0.6) is 17.2 Å². The Morgan fingerprint density at radius 2 is 1.76 bits per heavy atom. The number of para-hydroxylation sites is 1. The van der Waals surface area contributed by atoms with Gasteiger partial charge in [0.25, 0.3) is 0 Å². The summed E-state index contributed by atoms with van der Waals surface area (Å²) in [4.78, 5) is 8.54. The molecule has 6 heteroatoms. The first-order valence-corrected chi connectivity index (χ1v) is 6.67. The molecular weight excluding hydrogens is 270 g/mol. The van der Waals surface area contributed by atoms with Crippen LogP contribution in [0.2, 0.25) is 0 Å². The topological polar surface area (TPSA) is 65.5 Å². The predicted octanol–water partition coefficient (Wildman–Crippen LogP) is 2.50. The molecule has 1 N–H and O–H groups in total. The highest BCUT2D eigenvalue weighted by Crippen LogP contribution is 2.37. The zero-order valence-corrected chi connectivity index (χ0v) is 12.4. The molecule has 0 saturated heterocycles. The number of rotatable bonds is 7. The molecule has 0 fully saturated rings. The normalized spacial score (nSPS) is 10.0. The lowest BCUT2D eigenvalue weighted by Gasteiger charge is -2.13. The number of aromatic nitrogens is 2. The largest absolute Gasteiger partial charge is 0.493 e. The molecule has 2 aromatic rings. The van der Waals surface area contributed by atoms with Crippen molar-refractivity contribution in [3.05, 3.63) is 36.3 Å². The van der Waals surface area contributed by atoms with E-state index in [1.54, 1.807) is 26.6 Å². The Bertz CT molecular complexity index is 551. The van der Waals surface area contributed by atoms with Crippen LogP contribution in [0.15, 0.2) is 30.6 Å². The highest BCUT2D eigenvalue weighted by molar-refractivity contribution is 5.51. The first-order chi connectivity index (χ1) is 10.3. The van der Waals surface area contributed by atoms with Crippen LogP contribution in [0.1, 0.15) is 12.6 Å². The Kier molecular flexibility index (Phi) is 5.20. The summed E-state index contributed by atoms with van der Waals surface area (Å²) in [5, 5.41) is 3.09.